The summed E-state index contributed by atoms with van der Waals surface area (Å²) < 4.78 is 16.8. The molecule has 2 aromatic carbocycles. The lowest BCUT2D eigenvalue weighted by atomic mass is 10.2. The predicted octanol–water partition coefficient (Wildman–Crippen LogP) is 4.72. The van der Waals surface area contributed by atoms with Crippen molar-refractivity contribution in [2.75, 3.05) is 0 Å². The summed E-state index contributed by atoms with van der Waals surface area (Å²) in [6.45, 7) is 0.175. The van der Waals surface area contributed by atoms with Crippen LogP contribution in [0.5, 0.6) is 5.75 Å². The third kappa shape index (κ3) is 2.91. The van der Waals surface area contributed by atoms with Gasteiger partial charge in [-0.1, -0.05) is 29.8 Å². The highest BCUT2D eigenvalue weighted by Crippen LogP contribution is 2.27. The Bertz CT molecular complexity index is 911. The molecule has 4 aromatic rings. The van der Waals surface area contributed by atoms with Crippen LogP contribution in [0.3, 0.4) is 0 Å². The molecule has 0 unspecified atom stereocenters. The van der Waals surface area contributed by atoms with E-state index in [4.69, 9.17) is 25.2 Å². The van der Waals surface area contributed by atoms with Crippen LogP contribution >= 0.6 is 11.6 Å². The Morgan fingerprint density at radius 3 is 2.61 bits per heavy atom. The Morgan fingerprint density at radius 1 is 0.957 bits per heavy atom. The minimum Gasteiger partial charge on any atom is -0.484 e. The summed E-state index contributed by atoms with van der Waals surface area (Å²) in [5.41, 5.74) is 0.777. The molecule has 114 valence electrons. The standard InChI is InChI=1S/C17H11ClN2O3/c18-12-5-7-13(8-6-12)21-10-16-19-20-17(23-16)15-9-11-3-1-2-4-14(11)22-15/h1-9H,10H2. The molecule has 0 aliphatic carbocycles. The quantitative estimate of drug-likeness (QED) is 0.543. The monoisotopic (exact) mass is 326 g/mol. The predicted molar refractivity (Wildman–Crippen MR) is 85.3 cm³/mol. The minimum absolute atomic E-state index is 0.175. The van der Waals surface area contributed by atoms with E-state index in [1.54, 1.807) is 24.3 Å². The number of hydrogen-bond donors (Lipinski definition) is 0. The molecule has 0 spiro atoms. The van der Waals surface area contributed by atoms with Gasteiger partial charge < -0.3 is 13.6 Å². The third-order valence-electron chi connectivity index (χ3n) is 3.28. The lowest BCUT2D eigenvalue weighted by molar-refractivity contribution is 0.264. The highest BCUT2D eigenvalue weighted by molar-refractivity contribution is 6.30. The van der Waals surface area contributed by atoms with E-state index in [9.17, 15) is 0 Å². The van der Waals surface area contributed by atoms with Gasteiger partial charge in [-0.3, -0.25) is 0 Å². The second-order valence-corrected chi connectivity index (χ2v) is 5.33. The lowest BCUT2D eigenvalue weighted by Gasteiger charge is -2.02. The van der Waals surface area contributed by atoms with E-state index < -0.39 is 0 Å². The summed E-state index contributed by atoms with van der Waals surface area (Å²) >= 11 is 5.83. The molecular formula is C17H11ClN2O3. The van der Waals surface area contributed by atoms with Crippen LogP contribution in [0.4, 0.5) is 0 Å². The molecule has 2 heterocycles. The number of furan rings is 1. The van der Waals surface area contributed by atoms with Crippen LogP contribution < -0.4 is 4.74 Å². The Morgan fingerprint density at radius 2 is 1.78 bits per heavy atom. The number of rotatable bonds is 4. The van der Waals surface area contributed by atoms with Gasteiger partial charge in [0.2, 0.25) is 0 Å². The number of para-hydroxylation sites is 1. The molecular weight excluding hydrogens is 316 g/mol. The van der Waals surface area contributed by atoms with Crippen molar-refractivity contribution in [1.29, 1.82) is 0 Å². The molecule has 2 aromatic heterocycles. The van der Waals surface area contributed by atoms with Crippen LogP contribution in [0.15, 0.2) is 63.4 Å². The number of nitrogens with zero attached hydrogens (tertiary/aromatic N) is 2. The van der Waals surface area contributed by atoms with Gasteiger partial charge in [0.25, 0.3) is 11.8 Å². The molecule has 0 N–H and O–H groups in total. The summed E-state index contributed by atoms with van der Waals surface area (Å²) in [5, 5.41) is 9.60. The van der Waals surface area contributed by atoms with Crippen molar-refractivity contribution in [1.82, 2.24) is 10.2 Å². The van der Waals surface area contributed by atoms with Gasteiger partial charge in [0.15, 0.2) is 12.4 Å². The maximum Gasteiger partial charge on any atom is 0.283 e. The van der Waals surface area contributed by atoms with Crippen LogP contribution in [-0.4, -0.2) is 10.2 Å². The topological polar surface area (TPSA) is 61.3 Å². The van der Waals surface area contributed by atoms with E-state index in [1.807, 2.05) is 30.3 Å². The van der Waals surface area contributed by atoms with Crippen molar-refractivity contribution in [3.05, 3.63) is 65.5 Å². The number of ether oxygens (including phenoxy) is 1. The smallest absolute Gasteiger partial charge is 0.283 e. The number of benzene rings is 2. The molecule has 0 fully saturated rings. The van der Waals surface area contributed by atoms with Gasteiger partial charge in [-0.05, 0) is 36.4 Å². The maximum atomic E-state index is 5.83. The average molecular weight is 327 g/mol. The van der Waals surface area contributed by atoms with Crippen molar-refractivity contribution in [2.45, 2.75) is 6.61 Å². The van der Waals surface area contributed by atoms with E-state index in [0.29, 0.717) is 28.3 Å². The largest absolute Gasteiger partial charge is 0.484 e. The molecule has 4 rings (SSSR count). The maximum absolute atomic E-state index is 5.83. The molecule has 0 bridgehead atoms. The van der Waals surface area contributed by atoms with E-state index in [1.165, 1.54) is 0 Å². The molecule has 5 nitrogen and oxygen atoms in total. The Balaban J connectivity index is 1.51. The molecule has 0 atom stereocenters. The van der Waals surface area contributed by atoms with Crippen LogP contribution in [0.25, 0.3) is 22.6 Å². The lowest BCUT2D eigenvalue weighted by Crippen LogP contribution is -1.95. The van der Waals surface area contributed by atoms with Gasteiger partial charge in [0, 0.05) is 10.4 Å². The van der Waals surface area contributed by atoms with Crippen molar-refractivity contribution >= 4 is 22.6 Å². The van der Waals surface area contributed by atoms with Gasteiger partial charge >= 0.3 is 0 Å². The summed E-state index contributed by atoms with van der Waals surface area (Å²) in [4.78, 5) is 0. The highest BCUT2D eigenvalue weighted by Gasteiger charge is 2.13. The van der Waals surface area contributed by atoms with Gasteiger partial charge in [-0.25, -0.2) is 0 Å². The summed E-state index contributed by atoms with van der Waals surface area (Å²) in [6.07, 6.45) is 0. The zero-order chi connectivity index (χ0) is 15.6. The van der Waals surface area contributed by atoms with Crippen LogP contribution in [0.1, 0.15) is 5.89 Å². The molecule has 23 heavy (non-hydrogen) atoms. The van der Waals surface area contributed by atoms with E-state index in [-0.39, 0.29) is 6.61 Å². The fourth-order valence-electron chi connectivity index (χ4n) is 2.17. The van der Waals surface area contributed by atoms with Crippen molar-refractivity contribution in [3.8, 4) is 17.4 Å². The van der Waals surface area contributed by atoms with Crippen LogP contribution in [0.2, 0.25) is 5.02 Å². The number of fused-ring (bicyclic) bond motifs is 1. The van der Waals surface area contributed by atoms with Gasteiger partial charge in [-0.15, -0.1) is 10.2 Å². The zero-order valence-electron chi connectivity index (χ0n) is 11.9. The van der Waals surface area contributed by atoms with E-state index >= 15 is 0 Å². The highest BCUT2D eigenvalue weighted by atomic mass is 35.5. The molecule has 0 radical (unpaired) electrons. The summed E-state index contributed by atoms with van der Waals surface area (Å²) in [5.74, 6) is 1.92. The molecule has 0 amide bonds. The van der Waals surface area contributed by atoms with Crippen molar-refractivity contribution < 1.29 is 13.6 Å². The van der Waals surface area contributed by atoms with Crippen molar-refractivity contribution in [2.24, 2.45) is 0 Å². The SMILES string of the molecule is Clc1ccc(OCc2nnc(-c3cc4ccccc4o3)o2)cc1. The number of aromatic nitrogens is 2. The summed E-state index contributed by atoms with van der Waals surface area (Å²) in [6, 6.07) is 16.6. The first-order valence-electron chi connectivity index (χ1n) is 6.98. The first-order valence-corrected chi connectivity index (χ1v) is 7.35. The van der Waals surface area contributed by atoms with Gasteiger partial charge in [0.05, 0.1) is 0 Å². The Hall–Kier alpha value is -2.79. The minimum atomic E-state index is 0.175. The first-order chi connectivity index (χ1) is 11.3. The third-order valence-corrected chi connectivity index (χ3v) is 3.53. The zero-order valence-corrected chi connectivity index (χ0v) is 12.7. The fraction of sp³-hybridized carbons (Fsp3) is 0.0588. The molecule has 0 aliphatic heterocycles. The fourth-order valence-corrected chi connectivity index (χ4v) is 2.30. The summed E-state index contributed by atoms with van der Waals surface area (Å²) in [7, 11) is 0. The second kappa shape index (κ2) is 5.78. The van der Waals surface area contributed by atoms with Gasteiger partial charge in [0.1, 0.15) is 11.3 Å². The molecule has 0 saturated heterocycles. The molecule has 0 saturated carbocycles. The molecule has 6 heteroatoms. The van der Waals surface area contributed by atoms with Crippen LogP contribution in [0, 0.1) is 0 Å². The number of halogens is 1. The second-order valence-electron chi connectivity index (χ2n) is 4.89. The molecule has 0 aliphatic rings. The normalized spacial score (nSPS) is 11.0. The van der Waals surface area contributed by atoms with E-state index in [2.05, 4.69) is 10.2 Å². The van der Waals surface area contributed by atoms with Crippen molar-refractivity contribution in [3.63, 3.8) is 0 Å². The Labute approximate surface area is 136 Å². The number of hydrogen-bond acceptors (Lipinski definition) is 5. The van der Waals surface area contributed by atoms with E-state index in [0.717, 1.165) is 11.0 Å². The van der Waals surface area contributed by atoms with Crippen LogP contribution in [-0.2, 0) is 6.61 Å². The van der Waals surface area contributed by atoms with Gasteiger partial charge in [-0.2, -0.15) is 0 Å². The average Bonchev–Trinajstić information content (AvgIpc) is 3.21. The Kier molecular flexibility index (Phi) is 3.48. The first kappa shape index (κ1) is 13.8.